The molecule has 0 spiro atoms. The fourth-order valence-corrected chi connectivity index (χ4v) is 0. The number of nitrogens with zero attached hydrogens (tertiary/aromatic N) is 1. The van der Waals surface area contributed by atoms with Crippen molar-refractivity contribution in [1.29, 1.82) is 0 Å². The molecular formula is C3H7Br2NO2S. The summed E-state index contributed by atoms with van der Waals surface area (Å²) in [6.45, 7) is 0. The Kier molecular flexibility index (Phi) is 12.1. The summed E-state index contributed by atoms with van der Waals surface area (Å²) in [5.74, 6) is 0. The van der Waals surface area contributed by atoms with Crippen molar-refractivity contribution in [2.45, 2.75) is 0 Å². The Bertz CT molecular complexity index is 68.1. The van der Waals surface area contributed by atoms with Gasteiger partial charge in [0.15, 0.2) is 0 Å². The van der Waals surface area contributed by atoms with Crippen LogP contribution in [0.2, 0.25) is 0 Å². The van der Waals surface area contributed by atoms with E-state index in [1.165, 1.54) is 4.90 Å². The predicted molar refractivity (Wildman–Crippen MR) is 45.7 cm³/mol. The molecule has 0 radical (unpaired) electrons. The molecule has 0 aliphatic rings. The molecular weight excluding hydrogens is 274 g/mol. The summed E-state index contributed by atoms with van der Waals surface area (Å²) >= 11 is 5.32. The minimum Gasteiger partial charge on any atom is -0.596 e. The van der Waals surface area contributed by atoms with Crippen LogP contribution in [-0.2, 0) is 12.8 Å². The van der Waals surface area contributed by atoms with Crippen LogP contribution in [-0.4, -0.2) is 30.0 Å². The number of carbonyl (C=O) groups excluding carboxylic acids is 1. The molecule has 3 nitrogen and oxygen atoms in total. The van der Waals surface area contributed by atoms with E-state index in [2.05, 4.69) is 29.6 Å². The third-order valence-electron chi connectivity index (χ3n) is 0.211. The molecule has 9 heavy (non-hydrogen) atoms. The quantitative estimate of drug-likeness (QED) is 0.533. The van der Waals surface area contributed by atoms with Crippen LogP contribution < -0.4 is 0 Å². The summed E-state index contributed by atoms with van der Waals surface area (Å²) in [7, 11) is 2.39. The largest absolute Gasteiger partial charge is 0.596 e. The number of hydrogen-bond acceptors (Lipinski definition) is 2. The molecule has 0 aromatic rings. The Labute approximate surface area is 72.4 Å². The molecule has 0 saturated heterocycles. The summed E-state index contributed by atoms with van der Waals surface area (Å²) < 4.78 is 9.39. The van der Waals surface area contributed by atoms with Gasteiger partial charge in [0, 0.05) is 14.1 Å². The molecule has 0 N–H and O–H groups in total. The molecule has 0 aliphatic carbocycles. The second-order valence-corrected chi connectivity index (χ2v) is 7.76. The highest BCUT2D eigenvalue weighted by Crippen LogP contribution is 2.06. The van der Waals surface area contributed by atoms with Crippen LogP contribution in [0, 0.1) is 0 Å². The molecule has 0 bridgehead atoms. The van der Waals surface area contributed by atoms with E-state index in [9.17, 15) is 9.35 Å². The maximum atomic E-state index is 9.43. The summed E-state index contributed by atoms with van der Waals surface area (Å²) in [6.07, 6.45) is 0.750. The second kappa shape index (κ2) is 8.74. The van der Waals surface area contributed by atoms with Gasteiger partial charge in [-0.1, -0.05) is 0 Å². The van der Waals surface area contributed by atoms with Crippen molar-refractivity contribution in [3.05, 3.63) is 0 Å². The molecule has 0 fully saturated rings. The van der Waals surface area contributed by atoms with E-state index in [0.717, 1.165) is 6.41 Å². The maximum absolute atomic E-state index is 9.43. The van der Waals surface area contributed by atoms with Crippen LogP contribution in [0.4, 0.5) is 0 Å². The van der Waals surface area contributed by atoms with Crippen LogP contribution in [0.1, 0.15) is 0 Å². The highest BCUT2D eigenvalue weighted by atomic mass is 79.9. The first-order chi connectivity index (χ1) is 4.00. The molecule has 0 heterocycles. The SMILES string of the molecule is CN(C)C=O.[O-][S+](Br)Br. The van der Waals surface area contributed by atoms with E-state index in [-0.39, 0.29) is 0 Å². The molecule has 0 aliphatic heterocycles. The average molecular weight is 281 g/mol. The summed E-state index contributed by atoms with van der Waals surface area (Å²) in [5, 5.41) is 0. The molecule has 0 saturated carbocycles. The minimum atomic E-state index is -0.986. The minimum absolute atomic E-state index is 0.750. The summed E-state index contributed by atoms with van der Waals surface area (Å²) in [4.78, 5) is 10.9. The van der Waals surface area contributed by atoms with Gasteiger partial charge in [-0.2, -0.15) is 0 Å². The molecule has 0 aromatic heterocycles. The fourth-order valence-electron chi connectivity index (χ4n) is 0. The number of hydrogen-bond donors (Lipinski definition) is 0. The van der Waals surface area contributed by atoms with Crippen molar-refractivity contribution in [2.75, 3.05) is 14.1 Å². The monoisotopic (exact) mass is 279 g/mol. The zero-order valence-electron chi connectivity index (χ0n) is 5.01. The van der Waals surface area contributed by atoms with E-state index >= 15 is 0 Å². The highest BCUT2D eigenvalue weighted by molar-refractivity contribution is 9.79. The third kappa shape index (κ3) is 52.9. The maximum Gasteiger partial charge on any atom is 0.244 e. The van der Waals surface area contributed by atoms with Crippen molar-refractivity contribution in [3.63, 3.8) is 0 Å². The third-order valence-corrected chi connectivity index (χ3v) is 0.211. The second-order valence-electron chi connectivity index (χ2n) is 1.25. The zero-order chi connectivity index (χ0) is 7.86. The Balaban J connectivity index is 0. The van der Waals surface area contributed by atoms with Gasteiger partial charge in [0.1, 0.15) is 8.04 Å². The molecule has 0 unspecified atom stereocenters. The Morgan fingerprint density at radius 2 is 1.67 bits per heavy atom. The lowest BCUT2D eigenvalue weighted by atomic mass is 11.0. The van der Waals surface area contributed by atoms with Crippen molar-refractivity contribution in [3.8, 4) is 0 Å². The van der Waals surface area contributed by atoms with Gasteiger partial charge in [-0.15, -0.1) is 0 Å². The highest BCUT2D eigenvalue weighted by Gasteiger charge is 1.81. The summed E-state index contributed by atoms with van der Waals surface area (Å²) in [5.41, 5.74) is 0. The Morgan fingerprint density at radius 1 is 1.56 bits per heavy atom. The molecule has 6 heteroatoms. The molecule has 0 rings (SSSR count). The molecule has 1 amide bonds. The lowest BCUT2D eigenvalue weighted by Gasteiger charge is -1.93. The Hall–Kier alpha value is 0.740. The fraction of sp³-hybridized carbons (Fsp3) is 0.667. The predicted octanol–water partition coefficient (Wildman–Crippen LogP) is 1.06. The molecule has 0 aromatic carbocycles. The van der Waals surface area contributed by atoms with E-state index in [0.29, 0.717) is 0 Å². The first-order valence-corrected chi connectivity index (χ1v) is 6.70. The van der Waals surface area contributed by atoms with Crippen LogP contribution in [0.25, 0.3) is 0 Å². The number of carbonyl (C=O) groups is 1. The topological polar surface area (TPSA) is 43.4 Å². The zero-order valence-corrected chi connectivity index (χ0v) is 8.99. The van der Waals surface area contributed by atoms with Gasteiger partial charge in [-0.05, 0) is 0 Å². The van der Waals surface area contributed by atoms with Crippen LogP contribution in [0.5, 0.6) is 0 Å². The van der Waals surface area contributed by atoms with E-state index in [1.807, 2.05) is 0 Å². The van der Waals surface area contributed by atoms with Crippen molar-refractivity contribution < 1.29 is 9.35 Å². The van der Waals surface area contributed by atoms with Gasteiger partial charge in [-0.25, -0.2) is 0 Å². The average Bonchev–Trinajstić information content (AvgIpc) is 1.65. The van der Waals surface area contributed by atoms with Gasteiger partial charge < -0.3 is 9.45 Å². The van der Waals surface area contributed by atoms with E-state index in [1.54, 1.807) is 14.1 Å². The van der Waals surface area contributed by atoms with E-state index in [4.69, 9.17) is 0 Å². The van der Waals surface area contributed by atoms with Gasteiger partial charge >= 0.3 is 0 Å². The first-order valence-electron chi connectivity index (χ1n) is 1.86. The number of amides is 1. The normalized spacial score (nSPS) is 7.78. The van der Waals surface area contributed by atoms with Crippen molar-refractivity contribution >= 4 is 44.1 Å². The molecule has 56 valence electrons. The van der Waals surface area contributed by atoms with Gasteiger partial charge in [0.2, 0.25) is 36.0 Å². The van der Waals surface area contributed by atoms with Crippen LogP contribution in [0.15, 0.2) is 0 Å². The van der Waals surface area contributed by atoms with Gasteiger partial charge in [0.05, 0.1) is 0 Å². The van der Waals surface area contributed by atoms with Gasteiger partial charge in [-0.3, -0.25) is 4.79 Å². The lowest BCUT2D eigenvalue weighted by molar-refractivity contribution is -0.115. The van der Waals surface area contributed by atoms with Crippen LogP contribution >= 0.6 is 29.6 Å². The first kappa shape index (κ1) is 12.4. The van der Waals surface area contributed by atoms with Crippen LogP contribution in [0.3, 0.4) is 0 Å². The van der Waals surface area contributed by atoms with Crippen molar-refractivity contribution in [2.24, 2.45) is 0 Å². The summed E-state index contributed by atoms with van der Waals surface area (Å²) in [6, 6.07) is 0. The standard InChI is InChI=1S/C3H7NO.Br2OS/c1-4(2)3-5;1-4(2)3/h3H,1-2H3;. The molecule has 0 atom stereocenters. The Morgan fingerprint density at radius 3 is 1.67 bits per heavy atom. The smallest absolute Gasteiger partial charge is 0.244 e. The van der Waals surface area contributed by atoms with Gasteiger partial charge in [0.25, 0.3) is 0 Å². The van der Waals surface area contributed by atoms with Crippen molar-refractivity contribution in [1.82, 2.24) is 4.90 Å². The van der Waals surface area contributed by atoms with E-state index < -0.39 is 8.04 Å². The lowest BCUT2D eigenvalue weighted by Crippen LogP contribution is -2.06. The number of rotatable bonds is 1. The number of halogens is 2.